The summed E-state index contributed by atoms with van der Waals surface area (Å²) in [5.74, 6) is -1.28. The first-order chi connectivity index (χ1) is 17.9. The van der Waals surface area contributed by atoms with Crippen molar-refractivity contribution in [1.29, 1.82) is 0 Å². The van der Waals surface area contributed by atoms with E-state index in [1.165, 1.54) is 6.92 Å². The number of aldehydes is 1. The highest BCUT2D eigenvalue weighted by Crippen LogP contribution is 2.06. The van der Waals surface area contributed by atoms with Crippen LogP contribution in [0.25, 0.3) is 0 Å². The van der Waals surface area contributed by atoms with E-state index in [2.05, 4.69) is 16.0 Å². The van der Waals surface area contributed by atoms with Crippen LogP contribution in [0.5, 0.6) is 0 Å². The van der Waals surface area contributed by atoms with Crippen molar-refractivity contribution in [3.63, 3.8) is 0 Å². The molecule has 0 saturated carbocycles. The molecule has 0 bridgehead atoms. The lowest BCUT2D eigenvalue weighted by Crippen LogP contribution is -2.53. The van der Waals surface area contributed by atoms with E-state index in [4.69, 9.17) is 5.11 Å². The van der Waals surface area contributed by atoms with Gasteiger partial charge < -0.3 is 25.9 Å². The molecule has 0 aliphatic carbocycles. The Morgan fingerprint density at radius 1 is 0.757 bits per heavy atom. The molecule has 4 N–H and O–H groups in total. The first-order valence-electron chi connectivity index (χ1n) is 11.9. The van der Waals surface area contributed by atoms with Crippen molar-refractivity contribution in [2.75, 3.05) is 6.54 Å². The van der Waals surface area contributed by atoms with Crippen LogP contribution in [0.2, 0.25) is 0 Å². The molecular weight excluding hydrogens is 470 g/mol. The van der Waals surface area contributed by atoms with Gasteiger partial charge in [-0.15, -0.1) is 0 Å². The molecule has 0 aliphatic heterocycles. The van der Waals surface area contributed by atoms with Crippen molar-refractivity contribution in [3.8, 4) is 0 Å². The Bertz CT molecular complexity index is 1110. The number of hydrogen-bond acceptors (Lipinski definition) is 5. The predicted octanol–water partition coefficient (Wildman–Crippen LogP) is 1.96. The summed E-state index contributed by atoms with van der Waals surface area (Å²) in [5, 5.41) is 16.3. The molecule has 3 aromatic rings. The number of rotatable bonds is 11. The molecule has 3 aromatic carbocycles. The van der Waals surface area contributed by atoms with Gasteiger partial charge in [-0.3, -0.25) is 14.4 Å². The van der Waals surface area contributed by atoms with Crippen LogP contribution in [-0.2, 0) is 38.6 Å². The second-order valence-electron chi connectivity index (χ2n) is 8.30. The summed E-state index contributed by atoms with van der Waals surface area (Å²) in [6.07, 6.45) is 1.30. The molecule has 8 heteroatoms. The maximum absolute atomic E-state index is 12.8. The van der Waals surface area contributed by atoms with E-state index in [-0.39, 0.29) is 25.5 Å². The van der Waals surface area contributed by atoms with Gasteiger partial charge in [0.2, 0.25) is 17.7 Å². The molecule has 3 rings (SSSR count). The molecule has 0 heterocycles. The average Bonchev–Trinajstić information content (AvgIpc) is 2.93. The summed E-state index contributed by atoms with van der Waals surface area (Å²) in [6.45, 7) is 1.22. The number of nitrogens with one attached hydrogen (secondary N) is 3. The lowest BCUT2D eigenvalue weighted by molar-refractivity contribution is -0.130. The molecule has 194 valence electrons. The third-order valence-corrected chi connectivity index (χ3v) is 5.25. The number of aliphatic hydroxyl groups is 1. The standard InChI is InChI=1S/C22H25N3O4.C7H8O/c1-16(27)23-14-21(28)25-20(13-18-10-6-3-7-11-18)22(29)24-19(15-26)12-17-8-4-2-5-9-17;8-6-7-4-2-1-3-5-7/h2-11,15,19-20H,12-14H2,1H3,(H,23,27)(H,24,29)(H,25,28);1-5,8H,6H2. The van der Waals surface area contributed by atoms with E-state index in [9.17, 15) is 19.2 Å². The first kappa shape index (κ1) is 28.9. The van der Waals surface area contributed by atoms with E-state index in [1.54, 1.807) is 0 Å². The second kappa shape index (κ2) is 16.4. The fourth-order valence-electron chi connectivity index (χ4n) is 3.38. The Balaban J connectivity index is 0.000000510. The van der Waals surface area contributed by atoms with Crippen molar-refractivity contribution in [2.24, 2.45) is 0 Å². The smallest absolute Gasteiger partial charge is 0.243 e. The van der Waals surface area contributed by atoms with Gasteiger partial charge in [0.15, 0.2) is 0 Å². The zero-order chi connectivity index (χ0) is 26.9. The molecular formula is C29H33N3O5. The van der Waals surface area contributed by atoms with E-state index < -0.39 is 23.9 Å². The van der Waals surface area contributed by atoms with Gasteiger partial charge in [-0.25, -0.2) is 0 Å². The number of carbonyl (C=O) groups excluding carboxylic acids is 4. The van der Waals surface area contributed by atoms with Crippen molar-refractivity contribution < 1.29 is 24.3 Å². The van der Waals surface area contributed by atoms with E-state index in [0.717, 1.165) is 16.7 Å². The van der Waals surface area contributed by atoms with Gasteiger partial charge in [0, 0.05) is 13.3 Å². The van der Waals surface area contributed by atoms with Crippen LogP contribution >= 0.6 is 0 Å². The molecule has 2 unspecified atom stereocenters. The van der Waals surface area contributed by atoms with Crippen LogP contribution in [0.4, 0.5) is 0 Å². The van der Waals surface area contributed by atoms with E-state index in [1.807, 2.05) is 91.0 Å². The molecule has 8 nitrogen and oxygen atoms in total. The third kappa shape index (κ3) is 11.8. The van der Waals surface area contributed by atoms with Crippen LogP contribution in [0.1, 0.15) is 23.6 Å². The number of hydrogen-bond donors (Lipinski definition) is 4. The van der Waals surface area contributed by atoms with Crippen LogP contribution < -0.4 is 16.0 Å². The van der Waals surface area contributed by atoms with Crippen molar-refractivity contribution in [3.05, 3.63) is 108 Å². The highest BCUT2D eigenvalue weighted by atomic mass is 16.3. The summed E-state index contributed by atoms with van der Waals surface area (Å²) in [6, 6.07) is 26.5. The zero-order valence-corrected chi connectivity index (χ0v) is 20.8. The molecule has 2 atom stereocenters. The lowest BCUT2D eigenvalue weighted by Gasteiger charge is -2.21. The number of benzene rings is 3. The Kier molecular flexibility index (Phi) is 12.8. The lowest BCUT2D eigenvalue weighted by atomic mass is 10.0. The zero-order valence-electron chi connectivity index (χ0n) is 20.8. The predicted molar refractivity (Wildman–Crippen MR) is 141 cm³/mol. The number of carbonyl (C=O) groups is 4. The van der Waals surface area contributed by atoms with Crippen LogP contribution in [0.3, 0.4) is 0 Å². The molecule has 0 saturated heterocycles. The summed E-state index contributed by atoms with van der Waals surface area (Å²) in [5.41, 5.74) is 2.74. The number of amides is 3. The third-order valence-electron chi connectivity index (χ3n) is 5.25. The monoisotopic (exact) mass is 503 g/mol. The van der Waals surface area contributed by atoms with Gasteiger partial charge in [0.25, 0.3) is 0 Å². The SMILES string of the molecule is CC(=O)NCC(=O)NC(Cc1ccccc1)C(=O)NC(C=O)Cc1ccccc1.OCc1ccccc1. The van der Waals surface area contributed by atoms with Crippen LogP contribution in [0, 0.1) is 0 Å². The fraction of sp³-hybridized carbons (Fsp3) is 0.241. The maximum Gasteiger partial charge on any atom is 0.243 e. The summed E-state index contributed by atoms with van der Waals surface area (Å²) < 4.78 is 0. The van der Waals surface area contributed by atoms with Crippen molar-refractivity contribution in [1.82, 2.24) is 16.0 Å². The van der Waals surface area contributed by atoms with Gasteiger partial charge in [0.1, 0.15) is 12.3 Å². The molecule has 3 amide bonds. The van der Waals surface area contributed by atoms with E-state index >= 15 is 0 Å². The van der Waals surface area contributed by atoms with Gasteiger partial charge in [-0.2, -0.15) is 0 Å². The molecule has 0 aromatic heterocycles. The summed E-state index contributed by atoms with van der Waals surface area (Å²) in [7, 11) is 0. The highest BCUT2D eigenvalue weighted by molar-refractivity contribution is 5.91. The Labute approximate surface area is 217 Å². The largest absolute Gasteiger partial charge is 0.392 e. The Morgan fingerprint density at radius 3 is 1.68 bits per heavy atom. The summed E-state index contributed by atoms with van der Waals surface area (Å²) in [4.78, 5) is 47.4. The van der Waals surface area contributed by atoms with Gasteiger partial charge in [-0.1, -0.05) is 91.0 Å². The molecule has 0 radical (unpaired) electrons. The minimum absolute atomic E-state index is 0.140. The minimum Gasteiger partial charge on any atom is -0.392 e. The highest BCUT2D eigenvalue weighted by Gasteiger charge is 2.24. The topological polar surface area (TPSA) is 125 Å². The van der Waals surface area contributed by atoms with Crippen LogP contribution in [0.15, 0.2) is 91.0 Å². The number of aliphatic hydroxyl groups excluding tert-OH is 1. The quantitative estimate of drug-likeness (QED) is 0.298. The van der Waals surface area contributed by atoms with Crippen molar-refractivity contribution in [2.45, 2.75) is 38.5 Å². The molecule has 37 heavy (non-hydrogen) atoms. The van der Waals surface area contributed by atoms with Crippen molar-refractivity contribution >= 4 is 24.0 Å². The first-order valence-corrected chi connectivity index (χ1v) is 11.9. The Morgan fingerprint density at radius 2 is 1.24 bits per heavy atom. The normalized spacial score (nSPS) is 11.6. The van der Waals surface area contributed by atoms with Gasteiger partial charge in [-0.05, 0) is 23.1 Å². The molecule has 0 spiro atoms. The van der Waals surface area contributed by atoms with Gasteiger partial charge in [0.05, 0.1) is 19.2 Å². The molecule has 0 fully saturated rings. The average molecular weight is 504 g/mol. The summed E-state index contributed by atoms with van der Waals surface area (Å²) >= 11 is 0. The maximum atomic E-state index is 12.8. The fourth-order valence-corrected chi connectivity index (χ4v) is 3.38. The van der Waals surface area contributed by atoms with Crippen LogP contribution in [-0.4, -0.2) is 47.7 Å². The second-order valence-corrected chi connectivity index (χ2v) is 8.30. The Hall–Kier alpha value is -4.30. The minimum atomic E-state index is -0.878. The van der Waals surface area contributed by atoms with E-state index in [0.29, 0.717) is 12.7 Å². The molecule has 0 aliphatic rings. The van der Waals surface area contributed by atoms with Gasteiger partial charge >= 0.3 is 0 Å².